The molecular formula is C18H17N3OS. The second-order valence-electron chi connectivity index (χ2n) is 5.02. The lowest BCUT2D eigenvalue weighted by molar-refractivity contribution is -0.113. The van der Waals surface area contributed by atoms with Crippen molar-refractivity contribution in [2.75, 3.05) is 11.1 Å². The van der Waals surface area contributed by atoms with E-state index in [1.807, 2.05) is 59.4 Å². The van der Waals surface area contributed by atoms with Gasteiger partial charge >= 0.3 is 0 Å². The fraction of sp³-hybridized carbons (Fsp3) is 0.111. The molecule has 0 fully saturated rings. The molecule has 0 aliphatic heterocycles. The van der Waals surface area contributed by atoms with Gasteiger partial charge in [-0.15, -0.1) is 11.8 Å². The number of benzene rings is 2. The highest BCUT2D eigenvalue weighted by atomic mass is 32.2. The monoisotopic (exact) mass is 323 g/mol. The van der Waals surface area contributed by atoms with Crippen molar-refractivity contribution >= 4 is 23.4 Å². The van der Waals surface area contributed by atoms with Crippen LogP contribution in [0, 0.1) is 0 Å². The van der Waals surface area contributed by atoms with Gasteiger partial charge in [-0.05, 0) is 35.9 Å². The van der Waals surface area contributed by atoms with Gasteiger partial charge in [-0.1, -0.05) is 30.3 Å². The van der Waals surface area contributed by atoms with Crippen molar-refractivity contribution in [3.63, 3.8) is 0 Å². The van der Waals surface area contributed by atoms with Gasteiger partial charge in [0.1, 0.15) is 0 Å². The van der Waals surface area contributed by atoms with Crippen LogP contribution in [0.2, 0.25) is 0 Å². The second-order valence-corrected chi connectivity index (χ2v) is 6.01. The number of hydrogen-bond donors (Lipinski definition) is 1. The van der Waals surface area contributed by atoms with Crippen LogP contribution in [0.4, 0.5) is 5.69 Å². The number of amides is 1. The van der Waals surface area contributed by atoms with Crippen molar-refractivity contribution in [1.82, 2.24) is 9.78 Å². The number of hydrogen-bond acceptors (Lipinski definition) is 3. The molecule has 23 heavy (non-hydrogen) atoms. The van der Waals surface area contributed by atoms with Crippen molar-refractivity contribution < 1.29 is 4.79 Å². The van der Waals surface area contributed by atoms with E-state index >= 15 is 0 Å². The fourth-order valence-electron chi connectivity index (χ4n) is 2.15. The topological polar surface area (TPSA) is 46.9 Å². The Morgan fingerprint density at radius 2 is 1.83 bits per heavy atom. The van der Waals surface area contributed by atoms with Gasteiger partial charge in [0.2, 0.25) is 5.91 Å². The quantitative estimate of drug-likeness (QED) is 0.751. The van der Waals surface area contributed by atoms with Gasteiger partial charge in [-0.3, -0.25) is 4.79 Å². The number of nitrogens with zero attached hydrogens (tertiary/aromatic N) is 2. The van der Waals surface area contributed by atoms with Crippen molar-refractivity contribution in [2.24, 2.45) is 0 Å². The molecule has 0 saturated heterocycles. The van der Waals surface area contributed by atoms with Gasteiger partial charge in [0, 0.05) is 23.8 Å². The number of nitrogens with one attached hydrogen (secondary N) is 1. The molecule has 0 bridgehead atoms. The lowest BCUT2D eigenvalue weighted by atomic mass is 10.2. The molecular weight excluding hydrogens is 306 g/mol. The molecule has 1 N–H and O–H groups in total. The van der Waals surface area contributed by atoms with Crippen LogP contribution < -0.4 is 5.32 Å². The molecule has 116 valence electrons. The summed E-state index contributed by atoms with van der Waals surface area (Å²) in [4.78, 5) is 11.9. The Kier molecular flexibility index (Phi) is 5.11. The summed E-state index contributed by atoms with van der Waals surface area (Å²) in [5, 5.41) is 7.08. The smallest absolute Gasteiger partial charge is 0.234 e. The summed E-state index contributed by atoms with van der Waals surface area (Å²) in [6, 6.07) is 19.6. The number of thioether (sulfide) groups is 1. The van der Waals surface area contributed by atoms with E-state index in [0.29, 0.717) is 5.75 Å². The zero-order valence-electron chi connectivity index (χ0n) is 12.6. The predicted molar refractivity (Wildman–Crippen MR) is 94.8 cm³/mol. The fourth-order valence-corrected chi connectivity index (χ4v) is 2.93. The summed E-state index contributed by atoms with van der Waals surface area (Å²) in [5.74, 6) is 1.27. The van der Waals surface area contributed by atoms with E-state index in [-0.39, 0.29) is 5.91 Å². The van der Waals surface area contributed by atoms with Crippen LogP contribution in [-0.4, -0.2) is 21.4 Å². The first-order valence-electron chi connectivity index (χ1n) is 7.33. The first-order chi connectivity index (χ1) is 11.3. The largest absolute Gasteiger partial charge is 0.325 e. The summed E-state index contributed by atoms with van der Waals surface area (Å²) >= 11 is 1.60. The van der Waals surface area contributed by atoms with Crippen LogP contribution in [0.3, 0.4) is 0 Å². The standard InChI is InChI=1S/C18H17N3OS/c22-18(20-16-5-2-1-3-6-16)14-23-13-15-7-9-17(10-8-15)21-12-4-11-19-21/h1-12H,13-14H2,(H,20,22). The van der Waals surface area contributed by atoms with E-state index in [1.165, 1.54) is 5.56 Å². The van der Waals surface area contributed by atoms with Crippen LogP contribution in [-0.2, 0) is 10.5 Å². The van der Waals surface area contributed by atoms with Crippen LogP contribution in [0.25, 0.3) is 5.69 Å². The molecule has 0 aliphatic carbocycles. The van der Waals surface area contributed by atoms with Gasteiger partial charge < -0.3 is 5.32 Å². The second kappa shape index (κ2) is 7.65. The molecule has 1 heterocycles. The summed E-state index contributed by atoms with van der Waals surface area (Å²) in [6.45, 7) is 0. The van der Waals surface area contributed by atoms with Crippen LogP contribution in [0.15, 0.2) is 73.1 Å². The Bertz CT molecular complexity index is 740. The van der Waals surface area contributed by atoms with Gasteiger partial charge in [-0.25, -0.2) is 4.68 Å². The normalized spacial score (nSPS) is 10.4. The van der Waals surface area contributed by atoms with E-state index in [0.717, 1.165) is 17.1 Å². The summed E-state index contributed by atoms with van der Waals surface area (Å²) in [5.41, 5.74) is 3.06. The molecule has 0 unspecified atom stereocenters. The highest BCUT2D eigenvalue weighted by molar-refractivity contribution is 7.99. The first kappa shape index (κ1) is 15.4. The van der Waals surface area contributed by atoms with Gasteiger partial charge in [0.05, 0.1) is 11.4 Å². The molecule has 3 rings (SSSR count). The summed E-state index contributed by atoms with van der Waals surface area (Å²) < 4.78 is 1.82. The number of aromatic nitrogens is 2. The van der Waals surface area contributed by atoms with Gasteiger partial charge in [0.15, 0.2) is 0 Å². The van der Waals surface area contributed by atoms with E-state index in [2.05, 4.69) is 22.5 Å². The van der Waals surface area contributed by atoms with Crippen molar-refractivity contribution in [1.29, 1.82) is 0 Å². The first-order valence-corrected chi connectivity index (χ1v) is 8.48. The van der Waals surface area contributed by atoms with Crippen molar-refractivity contribution in [2.45, 2.75) is 5.75 Å². The molecule has 4 nitrogen and oxygen atoms in total. The molecule has 1 amide bonds. The molecule has 0 spiro atoms. The number of para-hydroxylation sites is 1. The third-order valence-electron chi connectivity index (χ3n) is 3.26. The Labute approximate surface area is 139 Å². The maximum Gasteiger partial charge on any atom is 0.234 e. The van der Waals surface area contributed by atoms with E-state index in [4.69, 9.17) is 0 Å². The van der Waals surface area contributed by atoms with E-state index in [1.54, 1.807) is 18.0 Å². The van der Waals surface area contributed by atoms with E-state index in [9.17, 15) is 4.79 Å². The zero-order valence-corrected chi connectivity index (χ0v) is 13.4. The maximum atomic E-state index is 11.9. The Hall–Kier alpha value is -2.53. The summed E-state index contributed by atoms with van der Waals surface area (Å²) in [6.07, 6.45) is 3.67. The molecule has 0 aliphatic rings. The Morgan fingerprint density at radius 1 is 1.04 bits per heavy atom. The van der Waals surface area contributed by atoms with Gasteiger partial charge in [0.25, 0.3) is 0 Å². The molecule has 0 atom stereocenters. The Morgan fingerprint density at radius 3 is 2.52 bits per heavy atom. The molecule has 0 radical (unpaired) electrons. The highest BCUT2D eigenvalue weighted by Gasteiger charge is 2.03. The van der Waals surface area contributed by atoms with Crippen LogP contribution in [0.1, 0.15) is 5.56 Å². The molecule has 5 heteroatoms. The van der Waals surface area contributed by atoms with Crippen LogP contribution in [0.5, 0.6) is 0 Å². The predicted octanol–water partition coefficient (Wildman–Crippen LogP) is 3.74. The minimum atomic E-state index is 0.0226. The number of anilines is 1. The number of carbonyl (C=O) groups excluding carboxylic acids is 1. The average molecular weight is 323 g/mol. The minimum absolute atomic E-state index is 0.0226. The number of rotatable bonds is 6. The number of carbonyl (C=O) groups is 1. The third-order valence-corrected chi connectivity index (χ3v) is 4.27. The molecule has 0 saturated carbocycles. The van der Waals surface area contributed by atoms with Crippen molar-refractivity contribution in [3.05, 3.63) is 78.6 Å². The minimum Gasteiger partial charge on any atom is -0.325 e. The lowest BCUT2D eigenvalue weighted by Gasteiger charge is -2.06. The molecule has 1 aromatic heterocycles. The third kappa shape index (κ3) is 4.47. The van der Waals surface area contributed by atoms with E-state index < -0.39 is 0 Å². The van der Waals surface area contributed by atoms with Crippen molar-refractivity contribution in [3.8, 4) is 5.69 Å². The van der Waals surface area contributed by atoms with Crippen LogP contribution >= 0.6 is 11.8 Å². The summed E-state index contributed by atoms with van der Waals surface area (Å²) in [7, 11) is 0. The highest BCUT2D eigenvalue weighted by Crippen LogP contribution is 2.15. The average Bonchev–Trinajstić information content (AvgIpc) is 3.11. The maximum absolute atomic E-state index is 11.9. The lowest BCUT2D eigenvalue weighted by Crippen LogP contribution is -2.13. The van der Waals surface area contributed by atoms with Gasteiger partial charge in [-0.2, -0.15) is 5.10 Å². The molecule has 3 aromatic rings. The Balaban J connectivity index is 1.46. The SMILES string of the molecule is O=C(CSCc1ccc(-n2cccn2)cc1)Nc1ccccc1. The zero-order chi connectivity index (χ0) is 15.9. The molecule has 2 aromatic carbocycles.